The molecule has 0 atom stereocenters. The number of carbonyl (C=O) groups excluding carboxylic acids is 1. The topological polar surface area (TPSA) is 97.4 Å². The maximum Gasteiger partial charge on any atom is 0.263 e. The maximum atomic E-state index is 12.0. The minimum atomic E-state index is -3.39. The summed E-state index contributed by atoms with van der Waals surface area (Å²) in [6.45, 7) is 6.66. The molecule has 0 aliphatic rings. The summed E-state index contributed by atoms with van der Waals surface area (Å²) >= 11 is 1.02. The van der Waals surface area contributed by atoms with E-state index in [9.17, 15) is 13.2 Å². The van der Waals surface area contributed by atoms with E-state index in [2.05, 4.69) is 15.0 Å². The van der Waals surface area contributed by atoms with Crippen molar-refractivity contribution in [2.75, 3.05) is 24.1 Å². The number of nitrogens with zero attached hydrogens (tertiary/aromatic N) is 1. The third-order valence-corrected chi connectivity index (χ3v) is 4.10. The van der Waals surface area contributed by atoms with Crippen LogP contribution in [0.25, 0.3) is 0 Å². The van der Waals surface area contributed by atoms with Gasteiger partial charge in [-0.1, -0.05) is 11.3 Å². The van der Waals surface area contributed by atoms with Gasteiger partial charge in [0.1, 0.15) is 4.88 Å². The highest BCUT2D eigenvalue weighted by Gasteiger charge is 2.16. The summed E-state index contributed by atoms with van der Waals surface area (Å²) in [6.07, 6.45) is 1.93. The molecule has 9 heteroatoms. The molecule has 0 saturated carbocycles. The van der Waals surface area contributed by atoms with Crippen LogP contribution in [0.1, 0.15) is 35.6 Å². The summed E-state index contributed by atoms with van der Waals surface area (Å²) in [5.74, 6) is -0.254. The lowest BCUT2D eigenvalue weighted by Gasteiger charge is -2.07. The molecule has 0 radical (unpaired) electrons. The van der Waals surface area contributed by atoms with Crippen molar-refractivity contribution < 1.29 is 17.9 Å². The molecule has 1 aromatic heterocycles. The largest absolute Gasteiger partial charge is 0.379 e. The Morgan fingerprint density at radius 2 is 2.10 bits per heavy atom. The summed E-state index contributed by atoms with van der Waals surface area (Å²) in [7, 11) is -3.39. The van der Waals surface area contributed by atoms with Crippen LogP contribution in [-0.4, -0.2) is 44.8 Å². The van der Waals surface area contributed by atoms with Crippen LogP contribution in [0.15, 0.2) is 0 Å². The van der Waals surface area contributed by atoms with Gasteiger partial charge < -0.3 is 10.1 Å². The van der Waals surface area contributed by atoms with Crippen LogP contribution < -0.4 is 10.0 Å². The van der Waals surface area contributed by atoms with Crippen molar-refractivity contribution in [2.45, 2.75) is 33.3 Å². The highest BCUT2D eigenvalue weighted by molar-refractivity contribution is 7.92. The number of nitrogens with one attached hydrogen (secondary N) is 2. The van der Waals surface area contributed by atoms with E-state index in [0.717, 1.165) is 24.0 Å². The van der Waals surface area contributed by atoms with Crippen molar-refractivity contribution in [1.29, 1.82) is 0 Å². The average Bonchev–Trinajstić information content (AvgIpc) is 2.66. The third-order valence-electron chi connectivity index (χ3n) is 2.33. The van der Waals surface area contributed by atoms with Crippen molar-refractivity contribution >= 4 is 32.4 Å². The van der Waals surface area contributed by atoms with Crippen molar-refractivity contribution in [3.63, 3.8) is 0 Å². The number of sulfonamides is 1. The third kappa shape index (κ3) is 6.87. The Hall–Kier alpha value is -1.19. The van der Waals surface area contributed by atoms with Crippen LogP contribution in [-0.2, 0) is 14.8 Å². The molecule has 0 aromatic carbocycles. The number of hydrogen-bond acceptors (Lipinski definition) is 6. The predicted molar refractivity (Wildman–Crippen MR) is 83.4 cm³/mol. The minimum Gasteiger partial charge on any atom is -0.379 e. The highest BCUT2D eigenvalue weighted by Crippen LogP contribution is 2.23. The first-order valence-electron chi connectivity index (χ1n) is 6.54. The second-order valence-corrected chi connectivity index (χ2v) is 7.58. The van der Waals surface area contributed by atoms with Gasteiger partial charge in [-0.05, 0) is 27.2 Å². The monoisotopic (exact) mass is 335 g/mol. The molecule has 120 valence electrons. The number of rotatable bonds is 8. The lowest BCUT2D eigenvalue weighted by molar-refractivity contribution is 0.0757. The Bertz CT molecular complexity index is 581. The number of thiazole rings is 1. The molecule has 0 aliphatic heterocycles. The first-order valence-corrected chi connectivity index (χ1v) is 9.25. The van der Waals surface area contributed by atoms with Gasteiger partial charge in [-0.3, -0.25) is 9.52 Å². The second-order valence-electron chi connectivity index (χ2n) is 4.84. The van der Waals surface area contributed by atoms with Crippen molar-refractivity contribution in [2.24, 2.45) is 0 Å². The molecular weight excluding hydrogens is 314 g/mol. The fourth-order valence-electron chi connectivity index (χ4n) is 1.48. The zero-order valence-electron chi connectivity index (χ0n) is 12.6. The lowest BCUT2D eigenvalue weighted by atomic mass is 10.3. The first kappa shape index (κ1) is 17.9. The molecule has 0 saturated heterocycles. The predicted octanol–water partition coefficient (Wildman–Crippen LogP) is 1.37. The summed E-state index contributed by atoms with van der Waals surface area (Å²) in [6, 6.07) is 0. The molecule has 1 rings (SSSR count). The first-order chi connectivity index (χ1) is 9.69. The molecule has 2 N–H and O–H groups in total. The van der Waals surface area contributed by atoms with Crippen LogP contribution in [0.2, 0.25) is 0 Å². The quantitative estimate of drug-likeness (QED) is 0.699. The number of anilines is 1. The molecule has 7 nitrogen and oxygen atoms in total. The second kappa shape index (κ2) is 7.71. The van der Waals surface area contributed by atoms with Crippen LogP contribution in [0.4, 0.5) is 5.13 Å². The van der Waals surface area contributed by atoms with Gasteiger partial charge in [0.25, 0.3) is 5.91 Å². The zero-order valence-corrected chi connectivity index (χ0v) is 14.2. The van der Waals surface area contributed by atoms with Gasteiger partial charge in [0.05, 0.1) is 18.1 Å². The zero-order chi connectivity index (χ0) is 16.0. The van der Waals surface area contributed by atoms with Gasteiger partial charge in [0, 0.05) is 13.2 Å². The number of carbonyl (C=O) groups is 1. The SMILES string of the molecule is Cc1nc(NS(C)(=O)=O)sc1C(=O)NCCCOC(C)C. The molecule has 1 heterocycles. The van der Waals surface area contributed by atoms with E-state index in [0.29, 0.717) is 23.7 Å². The van der Waals surface area contributed by atoms with E-state index < -0.39 is 10.0 Å². The molecule has 21 heavy (non-hydrogen) atoms. The van der Waals surface area contributed by atoms with Gasteiger partial charge in [0.2, 0.25) is 10.0 Å². The van der Waals surface area contributed by atoms with E-state index in [1.54, 1.807) is 6.92 Å². The van der Waals surface area contributed by atoms with Crippen LogP contribution in [0.5, 0.6) is 0 Å². The Balaban J connectivity index is 2.51. The van der Waals surface area contributed by atoms with E-state index in [1.807, 2.05) is 13.8 Å². The summed E-state index contributed by atoms with van der Waals surface area (Å²) in [5.41, 5.74) is 0.502. The summed E-state index contributed by atoms with van der Waals surface area (Å²) < 4.78 is 29.9. The van der Waals surface area contributed by atoms with Crippen molar-refractivity contribution in [3.05, 3.63) is 10.6 Å². The molecule has 1 amide bonds. The number of aryl methyl sites for hydroxylation is 1. The molecular formula is C12H21N3O4S2. The lowest BCUT2D eigenvalue weighted by Crippen LogP contribution is -2.25. The highest BCUT2D eigenvalue weighted by atomic mass is 32.2. The Morgan fingerprint density at radius 1 is 1.43 bits per heavy atom. The van der Waals surface area contributed by atoms with Gasteiger partial charge in [-0.25, -0.2) is 13.4 Å². The number of hydrogen-bond donors (Lipinski definition) is 2. The number of ether oxygens (including phenoxy) is 1. The summed E-state index contributed by atoms with van der Waals surface area (Å²) in [4.78, 5) is 16.4. The summed E-state index contributed by atoms with van der Waals surface area (Å²) in [5, 5.41) is 2.96. The Kier molecular flexibility index (Phi) is 6.56. The molecule has 1 aromatic rings. The van der Waals surface area contributed by atoms with Crippen molar-refractivity contribution in [1.82, 2.24) is 10.3 Å². The maximum absolute atomic E-state index is 12.0. The standard InChI is InChI=1S/C12H21N3O4S2/c1-8(2)19-7-5-6-13-11(16)10-9(3)14-12(20-10)15-21(4,17)18/h8H,5-7H2,1-4H3,(H,13,16)(H,14,15). The van der Waals surface area contributed by atoms with E-state index in [-0.39, 0.29) is 17.1 Å². The van der Waals surface area contributed by atoms with E-state index >= 15 is 0 Å². The average molecular weight is 335 g/mol. The van der Waals surface area contributed by atoms with Gasteiger partial charge in [0.15, 0.2) is 5.13 Å². The Morgan fingerprint density at radius 3 is 2.67 bits per heavy atom. The van der Waals surface area contributed by atoms with Gasteiger partial charge in [-0.15, -0.1) is 0 Å². The molecule has 0 aliphatic carbocycles. The van der Waals surface area contributed by atoms with Crippen LogP contribution in [0.3, 0.4) is 0 Å². The van der Waals surface area contributed by atoms with Gasteiger partial charge in [-0.2, -0.15) is 0 Å². The number of amides is 1. The van der Waals surface area contributed by atoms with Crippen LogP contribution >= 0.6 is 11.3 Å². The fraction of sp³-hybridized carbons (Fsp3) is 0.667. The normalized spacial score (nSPS) is 11.7. The molecule has 0 spiro atoms. The Labute approximate surface area is 129 Å². The van der Waals surface area contributed by atoms with E-state index in [4.69, 9.17) is 4.74 Å². The van der Waals surface area contributed by atoms with Crippen molar-refractivity contribution in [3.8, 4) is 0 Å². The minimum absolute atomic E-state index is 0.175. The van der Waals surface area contributed by atoms with E-state index in [1.165, 1.54) is 0 Å². The molecule has 0 fully saturated rings. The van der Waals surface area contributed by atoms with Gasteiger partial charge >= 0.3 is 0 Å². The molecule has 0 unspecified atom stereocenters. The van der Waals surface area contributed by atoms with Crippen LogP contribution in [0, 0.1) is 6.92 Å². The molecule has 0 bridgehead atoms. The fourth-order valence-corrected chi connectivity index (χ4v) is 3.20. The number of aromatic nitrogens is 1. The smallest absolute Gasteiger partial charge is 0.263 e.